The van der Waals surface area contributed by atoms with E-state index in [-0.39, 0.29) is 18.6 Å². The van der Waals surface area contributed by atoms with Crippen molar-refractivity contribution in [3.63, 3.8) is 0 Å². The Morgan fingerprint density at radius 1 is 0.970 bits per heavy atom. The van der Waals surface area contributed by atoms with Crippen LogP contribution in [0.2, 0.25) is 0 Å². The highest BCUT2D eigenvalue weighted by Gasteiger charge is 2.26. The Morgan fingerprint density at radius 2 is 1.79 bits per heavy atom. The molecule has 7 nitrogen and oxygen atoms in total. The molecule has 170 valence electrons. The van der Waals surface area contributed by atoms with Gasteiger partial charge >= 0.3 is 0 Å². The van der Waals surface area contributed by atoms with E-state index in [1.807, 2.05) is 48.5 Å². The average Bonchev–Trinajstić information content (AvgIpc) is 3.35. The zero-order valence-corrected chi connectivity index (χ0v) is 19.1. The largest absolute Gasteiger partial charge is 0.454 e. The number of anilines is 1. The Hall–Kier alpha value is -3.26. The topological polar surface area (TPSA) is 76.6 Å². The summed E-state index contributed by atoms with van der Waals surface area (Å²) in [5.41, 5.74) is 2.28. The summed E-state index contributed by atoms with van der Waals surface area (Å²) in [5.74, 6) is 3.36. The molecule has 33 heavy (non-hydrogen) atoms. The summed E-state index contributed by atoms with van der Waals surface area (Å²) in [4.78, 5) is 14.9. The summed E-state index contributed by atoms with van der Waals surface area (Å²) >= 11 is 1.68. The summed E-state index contributed by atoms with van der Waals surface area (Å²) in [6.07, 6.45) is 1.61. The number of aromatic nitrogens is 2. The van der Waals surface area contributed by atoms with Crippen LogP contribution >= 0.6 is 11.8 Å². The molecule has 0 spiro atoms. The van der Waals surface area contributed by atoms with Gasteiger partial charge in [0.05, 0.1) is 0 Å². The molecule has 1 N–H and O–H groups in total. The van der Waals surface area contributed by atoms with Gasteiger partial charge in [-0.15, -0.1) is 10.2 Å². The van der Waals surface area contributed by atoms with Gasteiger partial charge in [0.15, 0.2) is 17.3 Å². The predicted molar refractivity (Wildman–Crippen MR) is 127 cm³/mol. The number of rotatable bonds is 7. The Labute approximate surface area is 197 Å². The van der Waals surface area contributed by atoms with Crippen molar-refractivity contribution in [3.05, 3.63) is 71.8 Å². The quantitative estimate of drug-likeness (QED) is 0.531. The van der Waals surface area contributed by atoms with Gasteiger partial charge in [0, 0.05) is 31.3 Å². The van der Waals surface area contributed by atoms with Crippen LogP contribution in [0, 0.1) is 5.92 Å². The number of nitrogens with zero attached hydrogens (tertiary/aromatic N) is 3. The third-order valence-electron chi connectivity index (χ3n) is 5.95. The van der Waals surface area contributed by atoms with E-state index in [0.29, 0.717) is 6.54 Å². The molecular formula is C25H26N4O3S. The van der Waals surface area contributed by atoms with E-state index in [0.717, 1.165) is 59.6 Å². The lowest BCUT2D eigenvalue weighted by atomic mass is 9.96. The number of piperidine rings is 1. The Balaban J connectivity index is 1.07. The van der Waals surface area contributed by atoms with E-state index in [1.54, 1.807) is 11.8 Å². The number of carbonyl (C=O) groups excluding carboxylic acids is 1. The van der Waals surface area contributed by atoms with Crippen LogP contribution in [0.4, 0.5) is 5.82 Å². The van der Waals surface area contributed by atoms with Gasteiger partial charge in [0.2, 0.25) is 12.7 Å². The lowest BCUT2D eigenvalue weighted by Gasteiger charge is -2.31. The van der Waals surface area contributed by atoms with Crippen LogP contribution in [-0.2, 0) is 17.1 Å². The van der Waals surface area contributed by atoms with Crippen molar-refractivity contribution in [2.24, 2.45) is 5.92 Å². The minimum Gasteiger partial charge on any atom is -0.454 e. The Bertz CT molecular complexity index is 1090. The zero-order chi connectivity index (χ0) is 22.5. The number of ether oxygens (including phenoxy) is 2. The fourth-order valence-electron chi connectivity index (χ4n) is 4.05. The molecule has 0 bridgehead atoms. The number of amides is 1. The van der Waals surface area contributed by atoms with Crippen molar-refractivity contribution in [2.45, 2.75) is 30.2 Å². The third kappa shape index (κ3) is 5.39. The summed E-state index contributed by atoms with van der Waals surface area (Å²) in [5, 5.41) is 12.8. The summed E-state index contributed by atoms with van der Waals surface area (Å²) in [6.45, 7) is 2.34. The first kappa shape index (κ1) is 21.6. The molecular weight excluding hydrogens is 436 g/mol. The van der Waals surface area contributed by atoms with Crippen LogP contribution in [0.5, 0.6) is 11.5 Å². The lowest BCUT2D eigenvalue weighted by Crippen LogP contribution is -2.40. The summed E-state index contributed by atoms with van der Waals surface area (Å²) < 4.78 is 10.7. The number of benzene rings is 2. The van der Waals surface area contributed by atoms with E-state index in [1.165, 1.54) is 5.56 Å². The highest BCUT2D eigenvalue weighted by atomic mass is 32.2. The fourth-order valence-corrected chi connectivity index (χ4v) is 4.82. The Morgan fingerprint density at radius 3 is 2.58 bits per heavy atom. The predicted octanol–water partition coefficient (Wildman–Crippen LogP) is 4.03. The van der Waals surface area contributed by atoms with E-state index in [4.69, 9.17) is 9.47 Å². The van der Waals surface area contributed by atoms with Crippen LogP contribution in [0.15, 0.2) is 65.7 Å². The summed E-state index contributed by atoms with van der Waals surface area (Å²) in [6, 6.07) is 20.2. The monoisotopic (exact) mass is 462 g/mol. The Kier molecular flexibility index (Phi) is 6.62. The molecule has 2 aromatic carbocycles. The van der Waals surface area contributed by atoms with Crippen molar-refractivity contribution >= 4 is 23.5 Å². The minimum absolute atomic E-state index is 0.0175. The van der Waals surface area contributed by atoms with Crippen LogP contribution in [0.25, 0.3) is 0 Å². The molecule has 0 radical (unpaired) electrons. The molecule has 1 aromatic heterocycles. The van der Waals surface area contributed by atoms with Crippen LogP contribution in [0.1, 0.15) is 24.0 Å². The molecule has 2 aliphatic rings. The van der Waals surface area contributed by atoms with E-state index < -0.39 is 0 Å². The first-order valence-corrected chi connectivity index (χ1v) is 12.1. The highest BCUT2D eigenvalue weighted by molar-refractivity contribution is 7.98. The molecule has 1 fully saturated rings. The molecule has 0 saturated carbocycles. The third-order valence-corrected chi connectivity index (χ3v) is 6.94. The van der Waals surface area contributed by atoms with Crippen molar-refractivity contribution in [3.8, 4) is 11.5 Å². The van der Waals surface area contributed by atoms with Crippen molar-refractivity contribution in [1.82, 2.24) is 15.5 Å². The lowest BCUT2D eigenvalue weighted by molar-refractivity contribution is -0.125. The van der Waals surface area contributed by atoms with Crippen LogP contribution in [-0.4, -0.2) is 36.0 Å². The molecule has 5 rings (SSSR count). The fraction of sp³-hybridized carbons (Fsp3) is 0.320. The summed E-state index contributed by atoms with van der Waals surface area (Å²) in [7, 11) is 0. The van der Waals surface area contributed by atoms with E-state index >= 15 is 0 Å². The van der Waals surface area contributed by atoms with Gasteiger partial charge in [-0.2, -0.15) is 0 Å². The number of carbonyl (C=O) groups is 1. The zero-order valence-electron chi connectivity index (χ0n) is 18.3. The molecule has 1 amide bonds. The van der Waals surface area contributed by atoms with E-state index in [2.05, 4.69) is 32.5 Å². The number of thioether (sulfide) groups is 1. The SMILES string of the molecule is O=C(NCc1ccc2c(c1)OCO2)C1CCN(c2ccc(SCc3ccccc3)nn2)CC1. The van der Waals surface area contributed by atoms with Gasteiger partial charge in [-0.05, 0) is 48.2 Å². The normalized spacial score (nSPS) is 15.5. The second-order valence-electron chi connectivity index (χ2n) is 8.17. The molecule has 3 heterocycles. The van der Waals surface area contributed by atoms with E-state index in [9.17, 15) is 4.79 Å². The van der Waals surface area contributed by atoms with Gasteiger partial charge in [-0.25, -0.2) is 0 Å². The van der Waals surface area contributed by atoms with Crippen molar-refractivity contribution < 1.29 is 14.3 Å². The highest BCUT2D eigenvalue weighted by Crippen LogP contribution is 2.32. The molecule has 0 unspecified atom stereocenters. The number of hydrogen-bond acceptors (Lipinski definition) is 7. The van der Waals surface area contributed by atoms with Gasteiger partial charge < -0.3 is 19.7 Å². The van der Waals surface area contributed by atoms with Gasteiger partial charge in [0.25, 0.3) is 0 Å². The average molecular weight is 463 g/mol. The maximum atomic E-state index is 12.7. The second-order valence-corrected chi connectivity index (χ2v) is 9.17. The van der Waals surface area contributed by atoms with Crippen LogP contribution in [0.3, 0.4) is 0 Å². The maximum Gasteiger partial charge on any atom is 0.231 e. The standard InChI is InChI=1S/C25H26N4O3S/c30-25(26-15-19-6-7-21-22(14-19)32-17-31-21)20-10-12-29(13-11-20)23-8-9-24(28-27-23)33-16-18-4-2-1-3-5-18/h1-9,14,20H,10-13,15-17H2,(H,26,30). The molecule has 0 aliphatic carbocycles. The number of nitrogens with one attached hydrogen (secondary N) is 1. The maximum absolute atomic E-state index is 12.7. The van der Waals surface area contributed by atoms with Crippen molar-refractivity contribution in [2.75, 3.05) is 24.8 Å². The van der Waals surface area contributed by atoms with Gasteiger partial charge in [-0.1, -0.05) is 48.2 Å². The minimum atomic E-state index is 0.0175. The van der Waals surface area contributed by atoms with Crippen molar-refractivity contribution in [1.29, 1.82) is 0 Å². The van der Waals surface area contributed by atoms with Gasteiger partial charge in [0.1, 0.15) is 5.03 Å². The van der Waals surface area contributed by atoms with Crippen LogP contribution < -0.4 is 19.7 Å². The first-order valence-electron chi connectivity index (χ1n) is 11.2. The molecule has 3 aromatic rings. The molecule has 8 heteroatoms. The second kappa shape index (κ2) is 10.1. The number of fused-ring (bicyclic) bond motifs is 1. The first-order chi connectivity index (χ1) is 16.2. The van der Waals surface area contributed by atoms with Gasteiger partial charge in [-0.3, -0.25) is 4.79 Å². The smallest absolute Gasteiger partial charge is 0.231 e. The number of hydrogen-bond donors (Lipinski definition) is 1. The molecule has 0 atom stereocenters. The molecule has 1 saturated heterocycles. The molecule has 2 aliphatic heterocycles.